The maximum Gasteiger partial charge on any atom is 0.433 e. The largest absolute Gasteiger partial charge is 0.478 e. The Labute approximate surface area is 189 Å². The number of carbonyl (C=O) groups is 1. The third-order valence-corrected chi connectivity index (χ3v) is 6.77. The molecule has 0 aliphatic rings. The molecule has 3 rings (SSSR count). The van der Waals surface area contributed by atoms with Crippen LogP contribution in [0.1, 0.15) is 33.6 Å². The van der Waals surface area contributed by atoms with E-state index in [9.17, 15) is 26.4 Å². The van der Waals surface area contributed by atoms with Crippen molar-refractivity contribution in [2.45, 2.75) is 30.5 Å². The molecular weight excluding hydrogens is 457 g/mol. The SMILES string of the molecule is O=C(O)c1ccc(CN(CCCc2ccccc2)S(=O)(=O)c2ccc(C(F)(F)F)nc2)cc1. The predicted octanol–water partition coefficient (Wildman–Crippen LogP) is 4.62. The fourth-order valence-electron chi connectivity index (χ4n) is 3.19. The van der Waals surface area contributed by atoms with Gasteiger partial charge in [-0.15, -0.1) is 0 Å². The molecule has 0 aliphatic carbocycles. The lowest BCUT2D eigenvalue weighted by atomic mass is 10.1. The third kappa shape index (κ3) is 6.39. The summed E-state index contributed by atoms with van der Waals surface area (Å²) in [6.45, 7) is 0.0387. The van der Waals surface area contributed by atoms with E-state index in [1.54, 1.807) is 0 Å². The Bertz CT molecular complexity index is 1180. The number of hydrogen-bond acceptors (Lipinski definition) is 4. The molecule has 33 heavy (non-hydrogen) atoms. The lowest BCUT2D eigenvalue weighted by Gasteiger charge is -2.22. The summed E-state index contributed by atoms with van der Waals surface area (Å²) in [5.74, 6) is -1.11. The Balaban J connectivity index is 1.84. The van der Waals surface area contributed by atoms with Crippen molar-refractivity contribution < 1.29 is 31.5 Å². The van der Waals surface area contributed by atoms with E-state index in [2.05, 4.69) is 4.98 Å². The van der Waals surface area contributed by atoms with Gasteiger partial charge >= 0.3 is 12.1 Å². The van der Waals surface area contributed by atoms with Crippen molar-refractivity contribution in [1.82, 2.24) is 9.29 Å². The molecule has 174 valence electrons. The van der Waals surface area contributed by atoms with Crippen LogP contribution in [0.3, 0.4) is 0 Å². The van der Waals surface area contributed by atoms with Gasteiger partial charge in [0.25, 0.3) is 0 Å². The van der Waals surface area contributed by atoms with Crippen molar-refractivity contribution in [2.75, 3.05) is 6.54 Å². The lowest BCUT2D eigenvalue weighted by Crippen LogP contribution is -2.32. The zero-order valence-electron chi connectivity index (χ0n) is 17.4. The second-order valence-corrected chi connectivity index (χ2v) is 9.24. The van der Waals surface area contributed by atoms with E-state index in [1.807, 2.05) is 30.3 Å². The smallest absolute Gasteiger partial charge is 0.433 e. The number of benzene rings is 2. The molecule has 2 aromatic carbocycles. The highest BCUT2D eigenvalue weighted by atomic mass is 32.2. The number of rotatable bonds is 9. The van der Waals surface area contributed by atoms with Gasteiger partial charge in [0.05, 0.1) is 5.56 Å². The van der Waals surface area contributed by atoms with Crippen LogP contribution in [0, 0.1) is 0 Å². The number of pyridine rings is 1. The Morgan fingerprint density at radius 2 is 1.61 bits per heavy atom. The Kier molecular flexibility index (Phi) is 7.50. The van der Waals surface area contributed by atoms with E-state index in [4.69, 9.17) is 5.11 Å². The maximum absolute atomic E-state index is 13.2. The number of alkyl halides is 3. The highest BCUT2D eigenvalue weighted by Crippen LogP contribution is 2.28. The van der Waals surface area contributed by atoms with Crippen LogP contribution in [-0.4, -0.2) is 35.3 Å². The van der Waals surface area contributed by atoms with Crippen LogP contribution in [-0.2, 0) is 29.2 Å². The molecule has 0 saturated heterocycles. The summed E-state index contributed by atoms with van der Waals surface area (Å²) < 4.78 is 66.1. The number of aryl methyl sites for hydroxylation is 1. The molecule has 0 saturated carbocycles. The molecule has 3 aromatic rings. The average Bonchev–Trinajstić information content (AvgIpc) is 2.79. The van der Waals surface area contributed by atoms with Crippen molar-refractivity contribution >= 4 is 16.0 Å². The molecule has 0 fully saturated rings. The van der Waals surface area contributed by atoms with Crippen LogP contribution in [0.4, 0.5) is 13.2 Å². The lowest BCUT2D eigenvalue weighted by molar-refractivity contribution is -0.141. The number of carboxylic acid groups (broad SMARTS) is 1. The molecule has 0 bridgehead atoms. The summed E-state index contributed by atoms with van der Waals surface area (Å²) in [6.07, 6.45) is -2.89. The van der Waals surface area contributed by atoms with Gasteiger partial charge in [0, 0.05) is 19.3 Å². The van der Waals surface area contributed by atoms with Crippen molar-refractivity contribution in [1.29, 1.82) is 0 Å². The summed E-state index contributed by atoms with van der Waals surface area (Å²) in [5, 5.41) is 9.05. The summed E-state index contributed by atoms with van der Waals surface area (Å²) in [5.41, 5.74) is 0.450. The first-order chi connectivity index (χ1) is 15.6. The van der Waals surface area contributed by atoms with Crippen molar-refractivity contribution in [3.05, 3.63) is 95.3 Å². The minimum absolute atomic E-state index is 0.0594. The van der Waals surface area contributed by atoms with Crippen molar-refractivity contribution in [3.8, 4) is 0 Å². The van der Waals surface area contributed by atoms with Gasteiger partial charge in [0.15, 0.2) is 0 Å². The molecular formula is C23H21F3N2O4S. The molecule has 0 amide bonds. The first-order valence-electron chi connectivity index (χ1n) is 9.97. The van der Waals surface area contributed by atoms with Gasteiger partial charge in [-0.2, -0.15) is 17.5 Å². The molecule has 0 radical (unpaired) electrons. The van der Waals surface area contributed by atoms with Crippen LogP contribution in [0.5, 0.6) is 0 Å². The Hall–Kier alpha value is -3.24. The van der Waals surface area contributed by atoms with Gasteiger partial charge in [0.1, 0.15) is 10.6 Å². The highest BCUT2D eigenvalue weighted by molar-refractivity contribution is 7.89. The normalized spacial score (nSPS) is 12.1. The van der Waals surface area contributed by atoms with Gasteiger partial charge in [0.2, 0.25) is 10.0 Å². The molecule has 6 nitrogen and oxygen atoms in total. The van der Waals surface area contributed by atoms with Gasteiger partial charge < -0.3 is 5.11 Å². The van der Waals surface area contributed by atoms with Gasteiger partial charge in [-0.25, -0.2) is 13.2 Å². The standard InChI is InChI=1S/C23H21F3N2O4S/c24-23(25,26)21-13-12-20(15-27-21)33(31,32)28(14-4-7-17-5-2-1-3-6-17)16-18-8-10-19(11-9-18)22(29)30/h1-3,5-6,8-13,15H,4,7,14,16H2,(H,29,30). The van der Waals surface area contributed by atoms with E-state index >= 15 is 0 Å². The number of aromatic nitrogens is 1. The zero-order valence-corrected chi connectivity index (χ0v) is 18.2. The number of nitrogens with zero attached hydrogens (tertiary/aromatic N) is 2. The van der Waals surface area contributed by atoms with Gasteiger partial charge in [-0.3, -0.25) is 4.98 Å². The topological polar surface area (TPSA) is 87.6 Å². The van der Waals surface area contributed by atoms with Crippen LogP contribution in [0.15, 0.2) is 77.8 Å². The number of aromatic carboxylic acids is 1. The number of sulfonamides is 1. The van der Waals surface area contributed by atoms with E-state index in [1.165, 1.54) is 24.3 Å². The third-order valence-electron chi connectivity index (χ3n) is 4.94. The van der Waals surface area contributed by atoms with Gasteiger partial charge in [-0.05, 0) is 48.2 Å². The van der Waals surface area contributed by atoms with E-state index in [0.717, 1.165) is 15.9 Å². The minimum atomic E-state index is -4.68. The molecule has 1 aromatic heterocycles. The maximum atomic E-state index is 13.2. The molecule has 0 aliphatic heterocycles. The molecule has 0 unspecified atom stereocenters. The first-order valence-corrected chi connectivity index (χ1v) is 11.4. The Morgan fingerprint density at radius 1 is 0.939 bits per heavy atom. The average molecular weight is 478 g/mol. The molecule has 1 heterocycles. The number of hydrogen-bond donors (Lipinski definition) is 1. The fourth-order valence-corrected chi connectivity index (χ4v) is 4.61. The van der Waals surface area contributed by atoms with Crippen molar-refractivity contribution in [3.63, 3.8) is 0 Å². The summed E-state index contributed by atoms with van der Waals surface area (Å²) >= 11 is 0. The van der Waals surface area contributed by atoms with Crippen molar-refractivity contribution in [2.24, 2.45) is 0 Å². The number of halogens is 3. The fraction of sp³-hybridized carbons (Fsp3) is 0.217. The quantitative estimate of drug-likeness (QED) is 0.485. The first kappa shape index (κ1) is 24.4. The summed E-state index contributed by atoms with van der Waals surface area (Å²) in [4.78, 5) is 14.0. The summed E-state index contributed by atoms with van der Waals surface area (Å²) in [6, 6.07) is 16.7. The van der Waals surface area contributed by atoms with E-state index in [-0.39, 0.29) is 23.5 Å². The van der Waals surface area contributed by atoms with Crippen LogP contribution in [0.25, 0.3) is 0 Å². The monoisotopic (exact) mass is 478 g/mol. The minimum Gasteiger partial charge on any atom is -0.478 e. The molecule has 0 spiro atoms. The zero-order chi connectivity index (χ0) is 24.1. The summed E-state index contributed by atoms with van der Waals surface area (Å²) in [7, 11) is -4.16. The van der Waals surface area contributed by atoms with Crippen LogP contribution in [0.2, 0.25) is 0 Å². The van der Waals surface area contributed by atoms with E-state index < -0.39 is 27.9 Å². The highest BCUT2D eigenvalue weighted by Gasteiger charge is 2.33. The predicted molar refractivity (Wildman–Crippen MR) is 115 cm³/mol. The molecule has 10 heteroatoms. The second kappa shape index (κ2) is 10.1. The van der Waals surface area contributed by atoms with Crippen LogP contribution < -0.4 is 0 Å². The number of carboxylic acids is 1. The molecule has 0 atom stereocenters. The van der Waals surface area contributed by atoms with Crippen LogP contribution >= 0.6 is 0 Å². The Morgan fingerprint density at radius 3 is 2.15 bits per heavy atom. The van der Waals surface area contributed by atoms with Gasteiger partial charge in [-0.1, -0.05) is 42.5 Å². The second-order valence-electron chi connectivity index (χ2n) is 7.31. The molecule has 1 N–H and O–H groups in total. The van der Waals surface area contributed by atoms with E-state index in [0.29, 0.717) is 30.7 Å².